The summed E-state index contributed by atoms with van der Waals surface area (Å²) < 4.78 is 0. The van der Waals surface area contributed by atoms with Gasteiger partial charge in [-0.05, 0) is 43.2 Å². The Balaban J connectivity index is 0.00000243. The number of halogens is 1. The maximum Gasteiger partial charge on any atom is 0.317 e. The topological polar surface area (TPSA) is 87.5 Å². The van der Waals surface area contributed by atoms with E-state index in [9.17, 15) is 9.59 Å². The molecule has 4 N–H and O–H groups in total. The molecule has 0 atom stereocenters. The molecule has 0 bridgehead atoms. The fourth-order valence-electron chi connectivity index (χ4n) is 3.63. The summed E-state index contributed by atoms with van der Waals surface area (Å²) in [6, 6.07) is 8.65. The van der Waals surface area contributed by atoms with Gasteiger partial charge in [0.15, 0.2) is 0 Å². The summed E-state index contributed by atoms with van der Waals surface area (Å²) in [5.41, 5.74) is 8.40. The monoisotopic (exact) mass is 380 g/mol. The molecule has 2 aliphatic rings. The Hall–Kier alpha value is -1.79. The lowest BCUT2D eigenvalue weighted by Gasteiger charge is -2.29. The van der Waals surface area contributed by atoms with Gasteiger partial charge < -0.3 is 21.3 Å². The predicted octanol–water partition coefficient (Wildman–Crippen LogP) is 1.95. The van der Waals surface area contributed by atoms with Gasteiger partial charge in [-0.15, -0.1) is 12.4 Å². The van der Waals surface area contributed by atoms with E-state index in [1.807, 2.05) is 17.0 Å². The van der Waals surface area contributed by atoms with E-state index >= 15 is 0 Å². The Labute approximate surface area is 161 Å². The van der Waals surface area contributed by atoms with Crippen LogP contribution in [0.5, 0.6) is 0 Å². The molecule has 3 amide bonds. The lowest BCUT2D eigenvalue weighted by atomic mass is 9.92. The number of nitrogens with one attached hydrogen (secondary N) is 2. The molecule has 1 aromatic rings. The molecule has 7 heteroatoms. The highest BCUT2D eigenvalue weighted by molar-refractivity contribution is 5.85. The summed E-state index contributed by atoms with van der Waals surface area (Å²) in [6.07, 6.45) is 5.04. The Kier molecular flexibility index (Phi) is 7.72. The highest BCUT2D eigenvalue weighted by atomic mass is 35.5. The average Bonchev–Trinajstić information content (AvgIpc) is 2.63. The van der Waals surface area contributed by atoms with Crippen LogP contribution in [0, 0.1) is 0 Å². The van der Waals surface area contributed by atoms with E-state index in [4.69, 9.17) is 5.73 Å². The average molecular weight is 381 g/mol. The minimum absolute atomic E-state index is 0. The Bertz CT molecular complexity index is 617. The molecule has 26 heavy (non-hydrogen) atoms. The van der Waals surface area contributed by atoms with Gasteiger partial charge in [-0.25, -0.2) is 4.79 Å². The molecule has 1 heterocycles. The maximum atomic E-state index is 12.3. The third-order valence-electron chi connectivity index (χ3n) is 5.18. The van der Waals surface area contributed by atoms with Crippen LogP contribution >= 0.6 is 12.4 Å². The number of hydrogen-bond donors (Lipinski definition) is 3. The minimum Gasteiger partial charge on any atom is -0.353 e. The van der Waals surface area contributed by atoms with Crippen LogP contribution in [0.2, 0.25) is 0 Å². The van der Waals surface area contributed by atoms with Crippen molar-refractivity contribution < 1.29 is 9.59 Å². The number of nitrogens with zero attached hydrogens (tertiary/aromatic N) is 1. The molecule has 0 spiro atoms. The molecule has 1 aliphatic carbocycles. The van der Waals surface area contributed by atoms with Gasteiger partial charge in [-0.3, -0.25) is 4.79 Å². The van der Waals surface area contributed by atoms with E-state index in [-0.39, 0.29) is 36.4 Å². The number of rotatable bonds is 4. The van der Waals surface area contributed by atoms with E-state index in [1.165, 1.54) is 11.1 Å². The molecule has 0 unspecified atom stereocenters. The smallest absolute Gasteiger partial charge is 0.317 e. The number of benzene rings is 1. The molecule has 1 fully saturated rings. The summed E-state index contributed by atoms with van der Waals surface area (Å²) in [4.78, 5) is 26.1. The van der Waals surface area contributed by atoms with Crippen molar-refractivity contribution in [2.75, 3.05) is 13.1 Å². The molecule has 144 valence electrons. The zero-order chi connectivity index (χ0) is 17.6. The van der Waals surface area contributed by atoms with Crippen LogP contribution in [0.25, 0.3) is 0 Å². The summed E-state index contributed by atoms with van der Waals surface area (Å²) in [6.45, 7) is 1.73. The van der Waals surface area contributed by atoms with Crippen molar-refractivity contribution >= 4 is 24.3 Å². The van der Waals surface area contributed by atoms with Gasteiger partial charge in [0.05, 0.1) is 0 Å². The number of hydrogen-bond acceptors (Lipinski definition) is 3. The summed E-state index contributed by atoms with van der Waals surface area (Å²) in [5.74, 6) is 0.00441. The molecule has 1 aromatic carbocycles. The van der Waals surface area contributed by atoms with Gasteiger partial charge in [0.1, 0.15) is 0 Å². The number of nitrogens with two attached hydrogens (primary N) is 1. The second kappa shape index (κ2) is 9.78. The van der Waals surface area contributed by atoms with Crippen molar-refractivity contribution in [3.63, 3.8) is 0 Å². The zero-order valence-electron chi connectivity index (χ0n) is 15.1. The number of fused-ring (bicyclic) bond motifs is 1. The van der Waals surface area contributed by atoms with Gasteiger partial charge in [0.2, 0.25) is 5.91 Å². The van der Waals surface area contributed by atoms with Crippen molar-refractivity contribution in [3.8, 4) is 0 Å². The highest BCUT2D eigenvalue weighted by Gasteiger charge is 2.21. The van der Waals surface area contributed by atoms with Crippen LogP contribution < -0.4 is 16.4 Å². The third-order valence-corrected chi connectivity index (χ3v) is 5.18. The van der Waals surface area contributed by atoms with Crippen molar-refractivity contribution in [2.45, 2.75) is 57.2 Å². The molecule has 6 nitrogen and oxygen atoms in total. The van der Waals surface area contributed by atoms with Crippen LogP contribution in [0.4, 0.5) is 4.79 Å². The third kappa shape index (κ3) is 5.61. The van der Waals surface area contributed by atoms with Crippen molar-refractivity contribution in [3.05, 3.63) is 35.4 Å². The summed E-state index contributed by atoms with van der Waals surface area (Å²) in [7, 11) is 0. The second-order valence-electron chi connectivity index (χ2n) is 7.10. The quantitative estimate of drug-likeness (QED) is 0.746. The molecule has 3 rings (SSSR count). The number of urea groups is 1. The number of amides is 3. The second-order valence-corrected chi connectivity index (χ2v) is 7.10. The SMILES string of the molecule is Cl.NC1CCC(NC(=O)CCNC(=O)N2CCc3ccccc3C2)CC1. The molecular formula is C19H29ClN4O2. The molecule has 0 aromatic heterocycles. The predicted molar refractivity (Wildman–Crippen MR) is 104 cm³/mol. The van der Waals surface area contributed by atoms with Gasteiger partial charge in [0.25, 0.3) is 0 Å². The van der Waals surface area contributed by atoms with Gasteiger partial charge in [0, 0.05) is 38.1 Å². The van der Waals surface area contributed by atoms with Crippen LogP contribution in [0.3, 0.4) is 0 Å². The van der Waals surface area contributed by atoms with Crippen molar-refractivity contribution in [2.24, 2.45) is 5.73 Å². The first-order valence-corrected chi connectivity index (χ1v) is 9.26. The zero-order valence-corrected chi connectivity index (χ0v) is 15.9. The molecule has 0 radical (unpaired) electrons. The van der Waals surface area contributed by atoms with Gasteiger partial charge in [-0.1, -0.05) is 24.3 Å². The highest BCUT2D eigenvalue weighted by Crippen LogP contribution is 2.18. The summed E-state index contributed by atoms with van der Waals surface area (Å²) in [5, 5.41) is 5.91. The first-order valence-electron chi connectivity index (χ1n) is 9.26. The standard InChI is InChI=1S/C19H28N4O2.ClH/c20-16-5-7-17(8-6-16)22-18(24)9-11-21-19(25)23-12-10-14-3-1-2-4-15(14)13-23;/h1-4,16-17H,5-13,20H2,(H,21,25)(H,22,24);1H. The fourth-order valence-corrected chi connectivity index (χ4v) is 3.63. The first kappa shape index (κ1) is 20.5. The van der Waals surface area contributed by atoms with Crippen LogP contribution in [-0.4, -0.2) is 42.0 Å². The van der Waals surface area contributed by atoms with E-state index in [0.29, 0.717) is 19.5 Å². The van der Waals surface area contributed by atoms with E-state index in [2.05, 4.69) is 22.8 Å². The van der Waals surface area contributed by atoms with E-state index in [0.717, 1.165) is 38.6 Å². The lowest BCUT2D eigenvalue weighted by Crippen LogP contribution is -2.44. The van der Waals surface area contributed by atoms with Crippen molar-refractivity contribution in [1.82, 2.24) is 15.5 Å². The molecule has 1 aliphatic heterocycles. The van der Waals surface area contributed by atoms with Gasteiger partial charge in [-0.2, -0.15) is 0 Å². The largest absolute Gasteiger partial charge is 0.353 e. The number of carbonyl (C=O) groups is 2. The van der Waals surface area contributed by atoms with Gasteiger partial charge >= 0.3 is 6.03 Å². The minimum atomic E-state index is -0.0917. The first-order chi connectivity index (χ1) is 12.1. The fraction of sp³-hybridized carbons (Fsp3) is 0.579. The number of carbonyl (C=O) groups excluding carboxylic acids is 2. The maximum absolute atomic E-state index is 12.3. The van der Waals surface area contributed by atoms with Crippen molar-refractivity contribution in [1.29, 1.82) is 0 Å². The molecular weight excluding hydrogens is 352 g/mol. The Morgan fingerprint density at radius 3 is 2.54 bits per heavy atom. The van der Waals surface area contributed by atoms with Crippen LogP contribution in [0.15, 0.2) is 24.3 Å². The Morgan fingerprint density at radius 1 is 1.12 bits per heavy atom. The lowest BCUT2D eigenvalue weighted by molar-refractivity contribution is -0.121. The van der Waals surface area contributed by atoms with Crippen LogP contribution in [-0.2, 0) is 17.8 Å². The Morgan fingerprint density at radius 2 is 1.81 bits per heavy atom. The molecule has 0 saturated heterocycles. The van der Waals surface area contributed by atoms with E-state index in [1.54, 1.807) is 0 Å². The summed E-state index contributed by atoms with van der Waals surface area (Å²) >= 11 is 0. The van der Waals surface area contributed by atoms with Crippen LogP contribution in [0.1, 0.15) is 43.2 Å². The normalized spacial score (nSPS) is 22.0. The molecule has 1 saturated carbocycles. The van der Waals surface area contributed by atoms with E-state index < -0.39 is 0 Å².